The van der Waals surface area contributed by atoms with Crippen LogP contribution in [0.15, 0.2) is 39.7 Å². The quantitative estimate of drug-likeness (QED) is 0.483. The molecule has 1 amide bonds. The highest BCUT2D eigenvalue weighted by Gasteiger charge is 2.32. The van der Waals surface area contributed by atoms with E-state index in [1.165, 1.54) is 4.90 Å². The van der Waals surface area contributed by atoms with Crippen LogP contribution in [0.1, 0.15) is 18.6 Å². The first kappa shape index (κ1) is 19.9. The van der Waals surface area contributed by atoms with Crippen LogP contribution in [0, 0.1) is 0 Å². The molecule has 3 rings (SSSR count). The molecule has 0 atom stereocenters. The van der Waals surface area contributed by atoms with E-state index in [0.29, 0.717) is 42.8 Å². The van der Waals surface area contributed by atoms with Crippen LogP contribution < -0.4 is 0 Å². The Labute approximate surface area is 174 Å². The van der Waals surface area contributed by atoms with Gasteiger partial charge in [0, 0.05) is 24.6 Å². The molecule has 0 aliphatic carbocycles. The molecule has 1 fully saturated rings. The highest BCUT2D eigenvalue weighted by molar-refractivity contribution is 8.26. The first-order chi connectivity index (χ1) is 12.9. The van der Waals surface area contributed by atoms with E-state index in [9.17, 15) is 9.59 Å². The van der Waals surface area contributed by atoms with Crippen molar-refractivity contribution < 1.29 is 19.1 Å². The van der Waals surface area contributed by atoms with Crippen LogP contribution in [-0.4, -0.2) is 32.7 Å². The Bertz CT molecular complexity index is 955. The molecule has 1 N–H and O–H groups in total. The lowest BCUT2D eigenvalue weighted by atomic mass is 10.2. The van der Waals surface area contributed by atoms with E-state index in [-0.39, 0.29) is 18.9 Å². The summed E-state index contributed by atoms with van der Waals surface area (Å²) in [4.78, 5) is 24.9. The number of hydrogen-bond acceptors (Lipinski definition) is 5. The molecule has 0 saturated carbocycles. The number of thioether (sulfide) groups is 1. The maximum Gasteiger partial charge on any atom is 0.303 e. The van der Waals surface area contributed by atoms with Gasteiger partial charge in [0.15, 0.2) is 0 Å². The summed E-state index contributed by atoms with van der Waals surface area (Å²) in [7, 11) is 0. The summed E-state index contributed by atoms with van der Waals surface area (Å²) in [5.41, 5.74) is 0.657. The number of carbonyl (C=O) groups is 2. The number of furan rings is 1. The minimum Gasteiger partial charge on any atom is -0.481 e. The Balaban J connectivity index is 1.77. The van der Waals surface area contributed by atoms with Gasteiger partial charge < -0.3 is 9.52 Å². The van der Waals surface area contributed by atoms with Gasteiger partial charge in [-0.3, -0.25) is 14.5 Å². The second-order valence-electron chi connectivity index (χ2n) is 5.63. The molecule has 2 heterocycles. The van der Waals surface area contributed by atoms with E-state index >= 15 is 0 Å². The van der Waals surface area contributed by atoms with Crippen LogP contribution in [0.4, 0.5) is 0 Å². The van der Waals surface area contributed by atoms with E-state index in [4.69, 9.17) is 44.9 Å². The van der Waals surface area contributed by atoms with E-state index in [2.05, 4.69) is 0 Å². The molecule has 9 heteroatoms. The van der Waals surface area contributed by atoms with Crippen molar-refractivity contribution >= 4 is 69.5 Å². The molecule has 2 aromatic rings. The van der Waals surface area contributed by atoms with Gasteiger partial charge in [0.05, 0.1) is 15.0 Å². The third kappa shape index (κ3) is 4.55. The maximum absolute atomic E-state index is 12.5. The number of carboxylic acids is 1. The number of nitrogens with zero attached hydrogens (tertiary/aromatic N) is 1. The zero-order valence-corrected chi connectivity index (χ0v) is 16.9. The molecular weight excluding hydrogens is 429 g/mol. The number of amides is 1. The van der Waals surface area contributed by atoms with Crippen molar-refractivity contribution in [2.75, 3.05) is 6.54 Å². The summed E-state index contributed by atoms with van der Waals surface area (Å²) >= 11 is 18.6. The maximum atomic E-state index is 12.5. The summed E-state index contributed by atoms with van der Waals surface area (Å²) in [6.45, 7) is 0.274. The lowest BCUT2D eigenvalue weighted by molar-refractivity contribution is -0.137. The second-order valence-corrected chi connectivity index (χ2v) is 8.09. The van der Waals surface area contributed by atoms with Gasteiger partial charge in [-0.25, -0.2) is 0 Å². The Hall–Kier alpha value is -1.80. The van der Waals surface area contributed by atoms with Gasteiger partial charge in [-0.05, 0) is 30.7 Å². The van der Waals surface area contributed by atoms with Crippen LogP contribution in [0.25, 0.3) is 17.4 Å². The topological polar surface area (TPSA) is 70.8 Å². The van der Waals surface area contributed by atoms with Crippen molar-refractivity contribution in [3.8, 4) is 11.3 Å². The number of hydrogen-bond donors (Lipinski definition) is 1. The van der Waals surface area contributed by atoms with Crippen molar-refractivity contribution in [2.24, 2.45) is 0 Å². The number of carboxylic acid groups (broad SMARTS) is 1. The third-order valence-corrected chi connectivity index (χ3v) is 5.96. The lowest BCUT2D eigenvalue weighted by Gasteiger charge is -2.13. The van der Waals surface area contributed by atoms with E-state index in [1.807, 2.05) is 0 Å². The third-order valence-electron chi connectivity index (χ3n) is 3.76. The number of rotatable bonds is 6. The molecule has 0 bridgehead atoms. The second kappa shape index (κ2) is 8.48. The molecule has 1 aliphatic rings. The fraction of sp³-hybridized carbons (Fsp3) is 0.167. The van der Waals surface area contributed by atoms with E-state index in [1.54, 1.807) is 36.4 Å². The molecule has 1 aliphatic heterocycles. The first-order valence-corrected chi connectivity index (χ1v) is 9.86. The minimum atomic E-state index is -0.904. The van der Waals surface area contributed by atoms with Crippen molar-refractivity contribution in [3.63, 3.8) is 0 Å². The summed E-state index contributed by atoms with van der Waals surface area (Å²) in [5.74, 6) is -0.148. The van der Waals surface area contributed by atoms with Gasteiger partial charge in [0.2, 0.25) is 0 Å². The van der Waals surface area contributed by atoms with E-state index in [0.717, 1.165) is 11.8 Å². The van der Waals surface area contributed by atoms with E-state index < -0.39 is 5.97 Å². The Kier molecular flexibility index (Phi) is 6.26. The Morgan fingerprint density at radius 2 is 2.07 bits per heavy atom. The smallest absolute Gasteiger partial charge is 0.303 e. The molecule has 5 nitrogen and oxygen atoms in total. The lowest BCUT2D eigenvalue weighted by Crippen LogP contribution is -2.29. The molecule has 140 valence electrons. The molecule has 1 aromatic carbocycles. The molecule has 1 saturated heterocycles. The fourth-order valence-corrected chi connectivity index (χ4v) is 4.16. The van der Waals surface area contributed by atoms with Gasteiger partial charge in [0.25, 0.3) is 5.91 Å². The van der Waals surface area contributed by atoms with Crippen LogP contribution >= 0.6 is 47.2 Å². The van der Waals surface area contributed by atoms with Crippen molar-refractivity contribution in [2.45, 2.75) is 12.8 Å². The summed E-state index contributed by atoms with van der Waals surface area (Å²) in [6.07, 6.45) is 1.93. The van der Waals surface area contributed by atoms with Crippen molar-refractivity contribution in [1.29, 1.82) is 0 Å². The standard InChI is InChI=1S/C18H13Cl2NO4S2/c19-12-4-1-3-11(16(12)20)13-7-6-10(25-13)9-14-17(24)21(18(26)27-14)8-2-5-15(22)23/h1,3-4,6-7,9H,2,5,8H2,(H,22,23)/b14-9+. The molecule has 1 aromatic heterocycles. The number of aliphatic carboxylic acids is 1. The molecule has 0 spiro atoms. The number of carbonyl (C=O) groups excluding carboxylic acids is 1. The highest BCUT2D eigenvalue weighted by atomic mass is 35.5. The molecular formula is C18H13Cl2NO4S2. The Morgan fingerprint density at radius 1 is 1.30 bits per heavy atom. The van der Waals surface area contributed by atoms with Crippen LogP contribution in [-0.2, 0) is 9.59 Å². The SMILES string of the molecule is O=C(O)CCCN1C(=O)/C(=C\c2ccc(-c3cccc(Cl)c3Cl)o2)SC1=S. The molecule has 27 heavy (non-hydrogen) atoms. The molecule has 0 radical (unpaired) electrons. The van der Waals surface area contributed by atoms with Gasteiger partial charge >= 0.3 is 5.97 Å². The average Bonchev–Trinajstić information content (AvgIpc) is 3.17. The minimum absolute atomic E-state index is 0.0158. The monoisotopic (exact) mass is 441 g/mol. The van der Waals surface area contributed by atoms with Gasteiger partial charge in [-0.1, -0.05) is 53.2 Å². The van der Waals surface area contributed by atoms with Gasteiger partial charge in [-0.2, -0.15) is 0 Å². The van der Waals surface area contributed by atoms with Gasteiger partial charge in [0.1, 0.15) is 15.8 Å². The normalized spacial score (nSPS) is 15.8. The largest absolute Gasteiger partial charge is 0.481 e. The zero-order chi connectivity index (χ0) is 19.6. The number of halogens is 2. The first-order valence-electron chi connectivity index (χ1n) is 7.88. The summed E-state index contributed by atoms with van der Waals surface area (Å²) in [6, 6.07) is 8.72. The van der Waals surface area contributed by atoms with Crippen molar-refractivity contribution in [3.05, 3.63) is 51.0 Å². The number of benzene rings is 1. The summed E-state index contributed by atoms with van der Waals surface area (Å²) < 4.78 is 6.18. The predicted molar refractivity (Wildman–Crippen MR) is 111 cm³/mol. The predicted octanol–water partition coefficient (Wildman–Crippen LogP) is 5.32. The van der Waals surface area contributed by atoms with Crippen LogP contribution in [0.5, 0.6) is 0 Å². The fourth-order valence-electron chi connectivity index (χ4n) is 2.48. The van der Waals surface area contributed by atoms with Crippen LogP contribution in [0.2, 0.25) is 10.0 Å². The zero-order valence-electron chi connectivity index (χ0n) is 13.8. The van der Waals surface area contributed by atoms with Crippen molar-refractivity contribution in [1.82, 2.24) is 4.90 Å². The van der Waals surface area contributed by atoms with Gasteiger partial charge in [-0.15, -0.1) is 0 Å². The number of thiocarbonyl (C=S) groups is 1. The highest BCUT2D eigenvalue weighted by Crippen LogP contribution is 2.36. The Morgan fingerprint density at radius 3 is 2.81 bits per heavy atom. The van der Waals surface area contributed by atoms with Crippen LogP contribution in [0.3, 0.4) is 0 Å². The average molecular weight is 442 g/mol. The summed E-state index contributed by atoms with van der Waals surface area (Å²) in [5, 5.41) is 9.53. The molecule has 0 unspecified atom stereocenters.